The van der Waals surface area contributed by atoms with Crippen LogP contribution in [0, 0.1) is 0 Å². The smallest absolute Gasteiger partial charge is 0.142 e. The average Bonchev–Trinajstić information content (AvgIpc) is 3.02. The number of ether oxygens (including phenoxy) is 2. The molecule has 0 bridgehead atoms. The second-order valence-corrected chi connectivity index (χ2v) is 5.36. The second kappa shape index (κ2) is 7.47. The standard InChI is InChI=1S/C15H20BrN3O2/c1-4-7-17-13(15-18-8-9-19-15)10-5-6-11(20-2)12(16)14(10)21-3/h5-6,8-9,13,17H,4,7H2,1-3H3,(H,18,19). The van der Waals surface area contributed by atoms with Gasteiger partial charge in [-0.1, -0.05) is 6.92 Å². The number of benzene rings is 1. The van der Waals surface area contributed by atoms with Crippen LogP contribution in [-0.4, -0.2) is 30.7 Å². The number of halogens is 1. The molecular formula is C15H20BrN3O2. The molecule has 0 amide bonds. The van der Waals surface area contributed by atoms with Crippen molar-refractivity contribution in [1.29, 1.82) is 0 Å². The van der Waals surface area contributed by atoms with Crippen LogP contribution in [0.4, 0.5) is 0 Å². The van der Waals surface area contributed by atoms with Crippen molar-refractivity contribution in [2.75, 3.05) is 20.8 Å². The van der Waals surface area contributed by atoms with Crippen LogP contribution in [0.3, 0.4) is 0 Å². The Morgan fingerprint density at radius 3 is 2.71 bits per heavy atom. The van der Waals surface area contributed by atoms with Crippen LogP contribution in [0.25, 0.3) is 0 Å². The molecule has 0 fully saturated rings. The molecule has 2 N–H and O–H groups in total. The number of hydrogen-bond acceptors (Lipinski definition) is 4. The van der Waals surface area contributed by atoms with Crippen LogP contribution < -0.4 is 14.8 Å². The summed E-state index contributed by atoms with van der Waals surface area (Å²) in [5, 5.41) is 3.49. The van der Waals surface area contributed by atoms with Gasteiger partial charge in [0.25, 0.3) is 0 Å². The lowest BCUT2D eigenvalue weighted by atomic mass is 10.0. The molecule has 5 nitrogen and oxygen atoms in total. The molecule has 0 saturated carbocycles. The summed E-state index contributed by atoms with van der Waals surface area (Å²) in [6.45, 7) is 3.02. The first-order chi connectivity index (χ1) is 10.2. The Bertz CT molecular complexity index is 573. The minimum Gasteiger partial charge on any atom is -0.495 e. The molecule has 0 saturated heterocycles. The van der Waals surface area contributed by atoms with Crippen molar-refractivity contribution >= 4 is 15.9 Å². The first kappa shape index (κ1) is 15.9. The van der Waals surface area contributed by atoms with E-state index in [0.29, 0.717) is 0 Å². The lowest BCUT2D eigenvalue weighted by molar-refractivity contribution is 0.382. The molecule has 0 aliphatic rings. The van der Waals surface area contributed by atoms with Gasteiger partial charge in [-0.25, -0.2) is 4.98 Å². The molecule has 21 heavy (non-hydrogen) atoms. The van der Waals surface area contributed by atoms with Gasteiger partial charge < -0.3 is 19.8 Å². The van der Waals surface area contributed by atoms with Gasteiger partial charge in [0.1, 0.15) is 21.8 Å². The molecule has 1 atom stereocenters. The Morgan fingerprint density at radius 2 is 2.14 bits per heavy atom. The monoisotopic (exact) mass is 353 g/mol. The number of methoxy groups -OCH3 is 2. The van der Waals surface area contributed by atoms with Gasteiger partial charge in [0, 0.05) is 18.0 Å². The van der Waals surface area contributed by atoms with Crippen molar-refractivity contribution in [2.45, 2.75) is 19.4 Å². The van der Waals surface area contributed by atoms with E-state index in [4.69, 9.17) is 9.47 Å². The van der Waals surface area contributed by atoms with Crippen molar-refractivity contribution in [3.8, 4) is 11.5 Å². The zero-order valence-corrected chi connectivity index (χ0v) is 14.0. The van der Waals surface area contributed by atoms with Gasteiger partial charge in [-0.3, -0.25) is 0 Å². The Labute approximate surface area is 133 Å². The molecule has 1 aromatic carbocycles. The molecule has 0 aliphatic carbocycles. The van der Waals surface area contributed by atoms with Gasteiger partial charge in [0.05, 0.1) is 20.3 Å². The van der Waals surface area contributed by atoms with Crippen LogP contribution in [0.1, 0.15) is 30.8 Å². The highest BCUT2D eigenvalue weighted by Crippen LogP contribution is 2.40. The minimum atomic E-state index is -0.0582. The molecular weight excluding hydrogens is 334 g/mol. The summed E-state index contributed by atoms with van der Waals surface area (Å²) in [6, 6.07) is 3.86. The number of rotatable bonds is 7. The molecule has 0 aliphatic heterocycles. The Hall–Kier alpha value is -1.53. The highest BCUT2D eigenvalue weighted by Gasteiger charge is 2.23. The summed E-state index contributed by atoms with van der Waals surface area (Å²) in [6.07, 6.45) is 4.61. The van der Waals surface area contributed by atoms with Gasteiger partial charge in [-0.2, -0.15) is 0 Å². The zero-order chi connectivity index (χ0) is 15.2. The molecule has 1 heterocycles. The highest BCUT2D eigenvalue weighted by molar-refractivity contribution is 9.10. The molecule has 0 spiro atoms. The predicted molar refractivity (Wildman–Crippen MR) is 86.0 cm³/mol. The molecule has 2 rings (SSSR count). The lowest BCUT2D eigenvalue weighted by Crippen LogP contribution is -2.24. The first-order valence-corrected chi connectivity index (χ1v) is 7.65. The fraction of sp³-hybridized carbons (Fsp3) is 0.400. The number of aromatic nitrogens is 2. The first-order valence-electron chi connectivity index (χ1n) is 6.85. The Balaban J connectivity index is 2.46. The maximum atomic E-state index is 5.57. The van der Waals surface area contributed by atoms with Gasteiger partial charge >= 0.3 is 0 Å². The average molecular weight is 354 g/mol. The van der Waals surface area contributed by atoms with E-state index in [-0.39, 0.29) is 6.04 Å². The number of nitrogens with one attached hydrogen (secondary N) is 2. The second-order valence-electron chi connectivity index (χ2n) is 4.57. The fourth-order valence-corrected chi connectivity index (χ4v) is 2.91. The number of H-pyrrole nitrogens is 1. The van der Waals surface area contributed by atoms with Crippen LogP contribution in [0.2, 0.25) is 0 Å². The van der Waals surface area contributed by atoms with E-state index in [1.54, 1.807) is 20.4 Å². The van der Waals surface area contributed by atoms with Crippen molar-refractivity contribution in [1.82, 2.24) is 15.3 Å². The van der Waals surface area contributed by atoms with Crippen molar-refractivity contribution in [2.24, 2.45) is 0 Å². The predicted octanol–water partition coefficient (Wildman–Crippen LogP) is 3.28. The van der Waals surface area contributed by atoms with E-state index < -0.39 is 0 Å². The van der Waals surface area contributed by atoms with Crippen LogP contribution in [0.5, 0.6) is 11.5 Å². The third kappa shape index (κ3) is 3.39. The normalized spacial score (nSPS) is 12.2. The van der Waals surface area contributed by atoms with Gasteiger partial charge in [0.2, 0.25) is 0 Å². The third-order valence-corrected chi connectivity index (χ3v) is 3.97. The number of nitrogens with zero attached hydrogens (tertiary/aromatic N) is 1. The Morgan fingerprint density at radius 1 is 1.33 bits per heavy atom. The summed E-state index contributed by atoms with van der Waals surface area (Å²) in [4.78, 5) is 7.54. The summed E-state index contributed by atoms with van der Waals surface area (Å²) in [7, 11) is 3.29. The van der Waals surface area contributed by atoms with Crippen LogP contribution in [0.15, 0.2) is 29.0 Å². The minimum absolute atomic E-state index is 0.0582. The van der Waals surface area contributed by atoms with Crippen LogP contribution >= 0.6 is 15.9 Å². The van der Waals surface area contributed by atoms with E-state index in [9.17, 15) is 0 Å². The summed E-state index contributed by atoms with van der Waals surface area (Å²) in [5.41, 5.74) is 1.01. The van der Waals surface area contributed by atoms with Crippen LogP contribution in [-0.2, 0) is 0 Å². The van der Waals surface area contributed by atoms with E-state index in [2.05, 4.69) is 38.1 Å². The van der Waals surface area contributed by atoms with Gasteiger partial charge in [0.15, 0.2) is 0 Å². The molecule has 114 valence electrons. The number of hydrogen-bond donors (Lipinski definition) is 2. The highest BCUT2D eigenvalue weighted by atomic mass is 79.9. The fourth-order valence-electron chi connectivity index (χ4n) is 2.22. The quantitative estimate of drug-likeness (QED) is 0.801. The van der Waals surface area contributed by atoms with Gasteiger partial charge in [-0.05, 0) is 41.0 Å². The zero-order valence-electron chi connectivity index (χ0n) is 12.4. The van der Waals surface area contributed by atoms with Gasteiger partial charge in [-0.15, -0.1) is 0 Å². The largest absolute Gasteiger partial charge is 0.495 e. The molecule has 1 aromatic heterocycles. The topological polar surface area (TPSA) is 59.2 Å². The molecule has 1 unspecified atom stereocenters. The maximum absolute atomic E-state index is 5.57. The van der Waals surface area contributed by atoms with E-state index in [1.807, 2.05) is 18.3 Å². The third-order valence-electron chi connectivity index (χ3n) is 3.22. The summed E-state index contributed by atoms with van der Waals surface area (Å²) >= 11 is 3.54. The lowest BCUT2D eigenvalue weighted by Gasteiger charge is -2.21. The molecule has 6 heteroatoms. The van der Waals surface area contributed by atoms with E-state index in [1.165, 1.54) is 0 Å². The number of aromatic amines is 1. The van der Waals surface area contributed by atoms with Crippen molar-refractivity contribution < 1.29 is 9.47 Å². The van der Waals surface area contributed by atoms with Crippen molar-refractivity contribution in [3.05, 3.63) is 40.4 Å². The van der Waals surface area contributed by atoms with Crippen molar-refractivity contribution in [3.63, 3.8) is 0 Å². The molecule has 2 aromatic rings. The SMILES string of the molecule is CCCNC(c1ncc[nH]1)c1ccc(OC)c(Br)c1OC. The summed E-state index contributed by atoms with van der Waals surface area (Å²) in [5.74, 6) is 2.35. The van der Waals surface area contributed by atoms with E-state index in [0.717, 1.165) is 40.3 Å². The maximum Gasteiger partial charge on any atom is 0.142 e. The van der Waals surface area contributed by atoms with E-state index >= 15 is 0 Å². The number of imidazole rings is 1. The Kier molecular flexibility index (Phi) is 5.64. The molecule has 0 radical (unpaired) electrons. The summed E-state index contributed by atoms with van der Waals surface area (Å²) < 4.78 is 11.7.